The van der Waals surface area contributed by atoms with Crippen LogP contribution in [0.15, 0.2) is 158 Å². The van der Waals surface area contributed by atoms with Crippen LogP contribution >= 0.6 is 0 Å². The van der Waals surface area contributed by atoms with E-state index in [1.807, 2.05) is 0 Å². The molecule has 1 nitrogen and oxygen atoms in total. The molecule has 9 aromatic rings. The van der Waals surface area contributed by atoms with Crippen molar-refractivity contribution < 1.29 is 4.74 Å². The number of rotatable bonds is 2. The van der Waals surface area contributed by atoms with Gasteiger partial charge < -0.3 is 4.74 Å². The van der Waals surface area contributed by atoms with Crippen molar-refractivity contribution in [3.8, 4) is 44.9 Å². The molecule has 0 radical (unpaired) electrons. The fraction of sp³-hybridized carbons (Fsp3) is 0. The Bertz CT molecular complexity index is 2670. The second kappa shape index (κ2) is 9.29. The highest BCUT2D eigenvalue weighted by atomic mass is 16.5. The molecule has 1 heterocycles. The van der Waals surface area contributed by atoms with Gasteiger partial charge in [-0.2, -0.15) is 0 Å². The largest absolute Gasteiger partial charge is 0.455 e. The van der Waals surface area contributed by atoms with Gasteiger partial charge in [-0.1, -0.05) is 140 Å². The second-order valence-corrected chi connectivity index (χ2v) is 12.0. The Kier molecular flexibility index (Phi) is 5.06. The average Bonchev–Trinajstić information content (AvgIpc) is 3.11. The molecule has 0 atom stereocenters. The van der Waals surface area contributed by atoms with E-state index in [2.05, 4.69) is 158 Å². The van der Waals surface area contributed by atoms with Gasteiger partial charge in [-0.05, 0) is 89.1 Å². The molecular formula is C44H26O. The van der Waals surface area contributed by atoms with E-state index < -0.39 is 0 Å². The van der Waals surface area contributed by atoms with Crippen molar-refractivity contribution in [2.24, 2.45) is 0 Å². The number of fused-ring (bicyclic) bond motifs is 8. The smallest absolute Gasteiger partial charge is 0.143 e. The van der Waals surface area contributed by atoms with Crippen molar-refractivity contribution in [3.05, 3.63) is 158 Å². The van der Waals surface area contributed by atoms with Crippen LogP contribution in [-0.4, -0.2) is 0 Å². The van der Waals surface area contributed by atoms with E-state index in [4.69, 9.17) is 4.74 Å². The Labute approximate surface area is 260 Å². The van der Waals surface area contributed by atoms with Crippen molar-refractivity contribution >= 4 is 53.9 Å². The van der Waals surface area contributed by atoms with Crippen molar-refractivity contribution in [1.82, 2.24) is 0 Å². The van der Waals surface area contributed by atoms with Crippen LogP contribution in [-0.2, 0) is 0 Å². The Hall–Kier alpha value is -5.92. The first-order valence-corrected chi connectivity index (χ1v) is 15.5. The number of benzene rings is 9. The molecule has 1 heteroatoms. The zero-order valence-corrected chi connectivity index (χ0v) is 24.4. The molecule has 0 spiro atoms. The predicted molar refractivity (Wildman–Crippen MR) is 190 cm³/mol. The van der Waals surface area contributed by atoms with Gasteiger partial charge in [0.25, 0.3) is 0 Å². The fourth-order valence-electron chi connectivity index (χ4n) is 7.72. The summed E-state index contributed by atoms with van der Waals surface area (Å²) in [4.78, 5) is 0. The van der Waals surface area contributed by atoms with Crippen LogP contribution in [0, 0.1) is 0 Å². The molecule has 0 saturated carbocycles. The normalized spacial score (nSPS) is 12.2. The van der Waals surface area contributed by atoms with Gasteiger partial charge in [0, 0.05) is 16.3 Å². The molecule has 9 aromatic carbocycles. The molecule has 0 amide bonds. The summed E-state index contributed by atoms with van der Waals surface area (Å²) in [5.74, 6) is 1.85. The molecule has 1 aliphatic heterocycles. The molecule has 0 saturated heterocycles. The first kappa shape index (κ1) is 24.5. The van der Waals surface area contributed by atoms with E-state index in [1.54, 1.807) is 0 Å². The van der Waals surface area contributed by atoms with E-state index in [0.717, 1.165) is 22.4 Å². The number of ether oxygens (including phenoxy) is 1. The Balaban J connectivity index is 1.36. The highest BCUT2D eigenvalue weighted by molar-refractivity contribution is 6.29. The molecule has 208 valence electrons. The Morgan fingerprint density at radius 2 is 0.933 bits per heavy atom. The molecule has 0 aliphatic carbocycles. The minimum absolute atomic E-state index is 0.910. The first-order chi connectivity index (χ1) is 22.3. The SMILES string of the molecule is c1ccc(-c2c3ccccc3c(-c3ccc4c5c(cccc35)-c3ccc5ccccc5c3O4)c3ccc4ccccc4c23)cc1. The second-order valence-electron chi connectivity index (χ2n) is 12.0. The lowest BCUT2D eigenvalue weighted by molar-refractivity contribution is 0.493. The molecule has 45 heavy (non-hydrogen) atoms. The van der Waals surface area contributed by atoms with Crippen LogP contribution in [0.1, 0.15) is 0 Å². The minimum atomic E-state index is 0.910. The van der Waals surface area contributed by atoms with Gasteiger partial charge in [0.1, 0.15) is 11.5 Å². The van der Waals surface area contributed by atoms with E-state index in [-0.39, 0.29) is 0 Å². The van der Waals surface area contributed by atoms with Crippen LogP contribution < -0.4 is 4.74 Å². The lowest BCUT2D eigenvalue weighted by atomic mass is 9.82. The quantitative estimate of drug-likeness (QED) is 0.148. The molecule has 0 unspecified atom stereocenters. The van der Waals surface area contributed by atoms with Crippen LogP contribution in [0.5, 0.6) is 11.5 Å². The lowest BCUT2D eigenvalue weighted by Gasteiger charge is -2.25. The van der Waals surface area contributed by atoms with Gasteiger partial charge in [-0.3, -0.25) is 0 Å². The van der Waals surface area contributed by atoms with Gasteiger partial charge >= 0.3 is 0 Å². The van der Waals surface area contributed by atoms with Gasteiger partial charge in [0.15, 0.2) is 0 Å². The summed E-state index contributed by atoms with van der Waals surface area (Å²) in [5.41, 5.74) is 7.36. The standard InChI is InChI=1S/C44H26O/c1-2-13-29(14-3-1)40-32-17-8-9-18-33(32)41(38-24-22-27-11-4-6-15-30(27)43(38)40)36-25-26-39-42-34(36)19-10-20-35(42)37-23-21-28-12-5-7-16-31(28)44(37)45-39/h1-26H. The molecular weight excluding hydrogens is 544 g/mol. The number of hydrogen-bond donors (Lipinski definition) is 0. The highest BCUT2D eigenvalue weighted by Crippen LogP contribution is 2.53. The first-order valence-electron chi connectivity index (χ1n) is 15.5. The fourth-order valence-corrected chi connectivity index (χ4v) is 7.72. The van der Waals surface area contributed by atoms with Crippen molar-refractivity contribution in [3.63, 3.8) is 0 Å². The maximum Gasteiger partial charge on any atom is 0.143 e. The van der Waals surface area contributed by atoms with Gasteiger partial charge in [0.2, 0.25) is 0 Å². The Morgan fingerprint density at radius 1 is 0.311 bits per heavy atom. The van der Waals surface area contributed by atoms with Crippen LogP contribution in [0.2, 0.25) is 0 Å². The summed E-state index contributed by atoms with van der Waals surface area (Å²) < 4.78 is 6.76. The maximum atomic E-state index is 6.76. The van der Waals surface area contributed by atoms with E-state index >= 15 is 0 Å². The van der Waals surface area contributed by atoms with Crippen LogP contribution in [0.25, 0.3) is 87.2 Å². The summed E-state index contributed by atoms with van der Waals surface area (Å²) in [6, 6.07) is 57.2. The monoisotopic (exact) mass is 570 g/mol. The van der Waals surface area contributed by atoms with Crippen molar-refractivity contribution in [2.75, 3.05) is 0 Å². The molecule has 0 N–H and O–H groups in total. The third-order valence-electron chi connectivity index (χ3n) is 9.63. The van der Waals surface area contributed by atoms with Gasteiger partial charge in [-0.25, -0.2) is 0 Å². The third kappa shape index (κ3) is 3.44. The van der Waals surface area contributed by atoms with Crippen molar-refractivity contribution in [1.29, 1.82) is 0 Å². The lowest BCUT2D eigenvalue weighted by Crippen LogP contribution is -1.99. The summed E-state index contributed by atoms with van der Waals surface area (Å²) in [6.07, 6.45) is 0. The van der Waals surface area contributed by atoms with Crippen LogP contribution in [0.4, 0.5) is 0 Å². The highest BCUT2D eigenvalue weighted by Gasteiger charge is 2.25. The molecule has 1 aliphatic rings. The predicted octanol–water partition coefficient (Wildman–Crippen LogP) is 12.6. The average molecular weight is 571 g/mol. The summed E-state index contributed by atoms with van der Waals surface area (Å²) in [5, 5.41) is 12.3. The maximum absolute atomic E-state index is 6.76. The van der Waals surface area contributed by atoms with Gasteiger partial charge in [-0.15, -0.1) is 0 Å². The molecule has 0 bridgehead atoms. The molecule has 0 aromatic heterocycles. The minimum Gasteiger partial charge on any atom is -0.455 e. The summed E-state index contributed by atoms with van der Waals surface area (Å²) in [7, 11) is 0. The van der Waals surface area contributed by atoms with Gasteiger partial charge in [0.05, 0.1) is 0 Å². The zero-order chi connectivity index (χ0) is 29.5. The number of hydrogen-bond acceptors (Lipinski definition) is 1. The third-order valence-corrected chi connectivity index (χ3v) is 9.63. The summed E-state index contributed by atoms with van der Waals surface area (Å²) in [6.45, 7) is 0. The van der Waals surface area contributed by atoms with E-state index in [1.165, 1.54) is 76.3 Å². The topological polar surface area (TPSA) is 9.23 Å². The van der Waals surface area contributed by atoms with Crippen LogP contribution in [0.3, 0.4) is 0 Å². The van der Waals surface area contributed by atoms with E-state index in [0.29, 0.717) is 0 Å². The van der Waals surface area contributed by atoms with Crippen molar-refractivity contribution in [2.45, 2.75) is 0 Å². The summed E-state index contributed by atoms with van der Waals surface area (Å²) >= 11 is 0. The zero-order valence-electron chi connectivity index (χ0n) is 24.4. The Morgan fingerprint density at radius 3 is 1.76 bits per heavy atom. The molecule has 10 rings (SSSR count). The molecule has 0 fully saturated rings. The van der Waals surface area contributed by atoms with E-state index in [9.17, 15) is 0 Å².